The average Bonchev–Trinajstić information content (AvgIpc) is 2.29. The highest BCUT2D eigenvalue weighted by Gasteiger charge is 2.24. The Kier molecular flexibility index (Phi) is 5.86. The van der Waals surface area contributed by atoms with Crippen LogP contribution in [0.25, 0.3) is 0 Å². The van der Waals surface area contributed by atoms with Crippen LogP contribution >= 0.6 is 0 Å². The lowest BCUT2D eigenvalue weighted by Crippen LogP contribution is -2.39. The molecule has 94 valence electrons. The summed E-state index contributed by atoms with van der Waals surface area (Å²) >= 11 is 0. The van der Waals surface area contributed by atoms with Crippen LogP contribution in [-0.4, -0.2) is 23.9 Å². The van der Waals surface area contributed by atoms with Gasteiger partial charge in [-0.25, -0.2) is 0 Å². The van der Waals surface area contributed by atoms with Gasteiger partial charge in [-0.1, -0.05) is 26.7 Å². The monoisotopic (exact) mass is 225 g/mol. The summed E-state index contributed by atoms with van der Waals surface area (Å²) in [4.78, 5) is 13.9. The molecule has 0 spiro atoms. The second-order valence-electron chi connectivity index (χ2n) is 5.38. The first-order valence-corrected chi connectivity index (χ1v) is 6.90. The molecule has 1 aliphatic rings. The van der Waals surface area contributed by atoms with Crippen LogP contribution in [0, 0.1) is 5.92 Å². The van der Waals surface area contributed by atoms with Crippen molar-refractivity contribution in [3.05, 3.63) is 0 Å². The fraction of sp³-hybridized carbons (Fsp3) is 0.929. The van der Waals surface area contributed by atoms with Crippen LogP contribution in [0.15, 0.2) is 0 Å². The van der Waals surface area contributed by atoms with E-state index in [-0.39, 0.29) is 0 Å². The van der Waals surface area contributed by atoms with E-state index >= 15 is 0 Å². The van der Waals surface area contributed by atoms with Gasteiger partial charge in [0.15, 0.2) is 0 Å². The van der Waals surface area contributed by atoms with Crippen molar-refractivity contribution in [1.29, 1.82) is 0 Å². The minimum absolute atomic E-state index is 0.355. The number of rotatable bonds is 5. The first kappa shape index (κ1) is 13.5. The fourth-order valence-corrected chi connectivity index (χ4v) is 2.54. The number of amides is 1. The van der Waals surface area contributed by atoms with Crippen LogP contribution < -0.4 is 0 Å². The summed E-state index contributed by atoms with van der Waals surface area (Å²) < 4.78 is 0. The zero-order valence-corrected chi connectivity index (χ0v) is 11.2. The van der Waals surface area contributed by atoms with Crippen LogP contribution in [0.2, 0.25) is 0 Å². The van der Waals surface area contributed by atoms with Crippen LogP contribution in [0.3, 0.4) is 0 Å². The van der Waals surface area contributed by atoms with Crippen molar-refractivity contribution in [3.8, 4) is 0 Å². The summed E-state index contributed by atoms with van der Waals surface area (Å²) in [5, 5.41) is 0. The molecule has 0 aromatic heterocycles. The molecule has 1 rings (SSSR count). The Morgan fingerprint density at radius 3 is 2.38 bits per heavy atom. The molecule has 0 aromatic carbocycles. The number of nitrogens with zero attached hydrogens (tertiary/aromatic N) is 1. The zero-order chi connectivity index (χ0) is 12.0. The van der Waals surface area contributed by atoms with Crippen molar-refractivity contribution in [2.75, 3.05) is 7.05 Å². The summed E-state index contributed by atoms with van der Waals surface area (Å²) in [6, 6.07) is 0.519. The van der Waals surface area contributed by atoms with Gasteiger partial charge in [0, 0.05) is 19.5 Å². The number of hydrogen-bond donors (Lipinski definition) is 0. The molecule has 0 aliphatic heterocycles. The maximum Gasteiger partial charge on any atom is 0.222 e. The zero-order valence-electron chi connectivity index (χ0n) is 11.2. The molecule has 16 heavy (non-hydrogen) atoms. The second kappa shape index (κ2) is 6.93. The van der Waals surface area contributed by atoms with Crippen molar-refractivity contribution in [3.63, 3.8) is 0 Å². The molecule has 1 fully saturated rings. The lowest BCUT2D eigenvalue weighted by molar-refractivity contribution is -0.132. The van der Waals surface area contributed by atoms with E-state index in [1.54, 1.807) is 0 Å². The molecule has 0 atom stereocenters. The molecule has 0 bridgehead atoms. The Balaban J connectivity index is 2.27. The van der Waals surface area contributed by atoms with Gasteiger partial charge in [-0.2, -0.15) is 0 Å². The van der Waals surface area contributed by atoms with E-state index in [4.69, 9.17) is 0 Å². The third-order valence-electron chi connectivity index (χ3n) is 3.92. The molecule has 0 saturated heterocycles. The normalized spacial score (nSPS) is 25.4. The molecular weight excluding hydrogens is 198 g/mol. The smallest absolute Gasteiger partial charge is 0.222 e. The lowest BCUT2D eigenvalue weighted by atomic mass is 9.86. The van der Waals surface area contributed by atoms with Crippen LogP contribution in [0.4, 0.5) is 0 Å². The highest BCUT2D eigenvalue weighted by atomic mass is 16.2. The van der Waals surface area contributed by atoms with Gasteiger partial charge in [0.1, 0.15) is 0 Å². The predicted octanol–water partition coefficient (Wildman–Crippen LogP) is 3.60. The average molecular weight is 225 g/mol. The first-order valence-electron chi connectivity index (χ1n) is 6.90. The summed E-state index contributed by atoms with van der Waals surface area (Å²) in [6.45, 7) is 4.50. The maximum absolute atomic E-state index is 11.9. The van der Waals surface area contributed by atoms with Gasteiger partial charge in [-0.15, -0.1) is 0 Å². The van der Waals surface area contributed by atoms with E-state index in [2.05, 4.69) is 13.8 Å². The number of carbonyl (C=O) groups is 1. The molecule has 0 N–H and O–H groups in total. The number of carbonyl (C=O) groups excluding carboxylic acids is 1. The topological polar surface area (TPSA) is 20.3 Å². The molecule has 0 radical (unpaired) electrons. The largest absolute Gasteiger partial charge is 0.343 e. The van der Waals surface area contributed by atoms with Crippen LogP contribution in [-0.2, 0) is 4.79 Å². The molecule has 1 aliphatic carbocycles. The van der Waals surface area contributed by atoms with Crippen molar-refractivity contribution >= 4 is 5.91 Å². The molecule has 0 aromatic rings. The lowest BCUT2D eigenvalue weighted by Gasteiger charge is -2.33. The van der Waals surface area contributed by atoms with Crippen molar-refractivity contribution < 1.29 is 4.79 Å². The highest BCUT2D eigenvalue weighted by molar-refractivity contribution is 5.76. The molecule has 0 unspecified atom stereocenters. The number of hydrogen-bond acceptors (Lipinski definition) is 1. The molecule has 2 nitrogen and oxygen atoms in total. The molecule has 1 amide bonds. The first-order chi connectivity index (χ1) is 7.65. The van der Waals surface area contributed by atoms with E-state index in [1.807, 2.05) is 11.9 Å². The van der Waals surface area contributed by atoms with Crippen LogP contribution in [0.1, 0.15) is 65.2 Å². The quantitative estimate of drug-likeness (QED) is 0.655. The fourth-order valence-electron chi connectivity index (χ4n) is 2.54. The predicted molar refractivity (Wildman–Crippen MR) is 68.3 cm³/mol. The second-order valence-corrected chi connectivity index (χ2v) is 5.38. The van der Waals surface area contributed by atoms with E-state index in [1.165, 1.54) is 38.5 Å². The van der Waals surface area contributed by atoms with Gasteiger partial charge in [0.25, 0.3) is 0 Å². The van der Waals surface area contributed by atoms with Gasteiger partial charge < -0.3 is 4.90 Å². The number of unbranched alkanes of at least 4 members (excludes halogenated alkanes) is 2. The highest BCUT2D eigenvalue weighted by Crippen LogP contribution is 2.26. The maximum atomic E-state index is 11.9. The third-order valence-corrected chi connectivity index (χ3v) is 3.92. The minimum Gasteiger partial charge on any atom is -0.343 e. The van der Waals surface area contributed by atoms with Gasteiger partial charge in [0.2, 0.25) is 5.91 Å². The van der Waals surface area contributed by atoms with Gasteiger partial charge in [-0.05, 0) is 38.0 Å². The van der Waals surface area contributed by atoms with Crippen molar-refractivity contribution in [2.45, 2.75) is 71.3 Å². The summed E-state index contributed by atoms with van der Waals surface area (Å²) in [7, 11) is 1.99. The summed E-state index contributed by atoms with van der Waals surface area (Å²) in [5.41, 5.74) is 0. The third kappa shape index (κ3) is 4.15. The van der Waals surface area contributed by atoms with E-state index in [0.717, 1.165) is 18.8 Å². The summed E-state index contributed by atoms with van der Waals surface area (Å²) in [6.07, 6.45) is 9.17. The van der Waals surface area contributed by atoms with Crippen molar-refractivity contribution in [1.82, 2.24) is 4.90 Å². The van der Waals surface area contributed by atoms with Gasteiger partial charge >= 0.3 is 0 Å². The molecule has 1 saturated carbocycles. The molecule has 2 heteroatoms. The minimum atomic E-state index is 0.355. The van der Waals surface area contributed by atoms with Gasteiger partial charge in [0.05, 0.1) is 0 Å². The van der Waals surface area contributed by atoms with E-state index in [9.17, 15) is 4.79 Å². The SMILES string of the molecule is CCCCCC(=O)N(C)C1CCC(C)CC1. The van der Waals surface area contributed by atoms with E-state index < -0.39 is 0 Å². The van der Waals surface area contributed by atoms with Crippen molar-refractivity contribution in [2.24, 2.45) is 5.92 Å². The molecular formula is C14H27NO. The summed E-state index contributed by atoms with van der Waals surface area (Å²) in [5.74, 6) is 1.22. The Bertz CT molecular complexity index is 207. The molecule has 0 heterocycles. The Morgan fingerprint density at radius 2 is 1.81 bits per heavy atom. The van der Waals surface area contributed by atoms with Crippen LogP contribution in [0.5, 0.6) is 0 Å². The Hall–Kier alpha value is -0.530. The standard InChI is InChI=1S/C14H27NO/c1-4-5-6-7-14(16)15(3)13-10-8-12(2)9-11-13/h12-13H,4-11H2,1-3H3. The van der Waals surface area contributed by atoms with E-state index in [0.29, 0.717) is 11.9 Å². The Labute approximate surface area is 100 Å². The van der Waals surface area contributed by atoms with Gasteiger partial charge in [-0.3, -0.25) is 4.79 Å². The Morgan fingerprint density at radius 1 is 1.19 bits per heavy atom.